The minimum Gasteiger partial charge on any atom is -0.489 e. The number of halogens is 1. The molecule has 0 atom stereocenters. The van der Waals surface area contributed by atoms with Crippen molar-refractivity contribution in [2.75, 3.05) is 20.3 Å². The zero-order valence-corrected chi connectivity index (χ0v) is 17.1. The van der Waals surface area contributed by atoms with Crippen LogP contribution in [0.1, 0.15) is 17.8 Å². The molecule has 1 aromatic heterocycles. The lowest BCUT2D eigenvalue weighted by atomic mass is 10.2. The van der Waals surface area contributed by atoms with E-state index in [2.05, 4.69) is 9.97 Å². The lowest BCUT2D eigenvalue weighted by molar-refractivity contribution is -0.125. The quantitative estimate of drug-likeness (QED) is 0.647. The normalized spacial score (nSPS) is 13.4. The van der Waals surface area contributed by atoms with Gasteiger partial charge in [0.15, 0.2) is 11.5 Å². The van der Waals surface area contributed by atoms with Crippen LogP contribution in [0.5, 0.6) is 11.5 Å². The maximum absolute atomic E-state index is 12.5. The molecule has 0 bridgehead atoms. The van der Waals surface area contributed by atoms with Crippen molar-refractivity contribution in [2.45, 2.75) is 13.0 Å². The van der Waals surface area contributed by atoms with E-state index >= 15 is 0 Å². The second-order valence-corrected chi connectivity index (χ2v) is 7.35. The minimum absolute atomic E-state index is 0.172. The Morgan fingerprint density at radius 2 is 2.07 bits per heavy atom. The Labute approximate surface area is 177 Å². The van der Waals surface area contributed by atoms with Crippen molar-refractivity contribution in [3.8, 4) is 11.5 Å². The molecule has 4 rings (SSSR count). The lowest BCUT2D eigenvalue weighted by Gasteiger charge is -2.14. The maximum atomic E-state index is 12.5. The first-order valence-electron chi connectivity index (χ1n) is 9.51. The Morgan fingerprint density at radius 1 is 1.27 bits per heavy atom. The largest absolute Gasteiger partial charge is 0.489 e. The molecule has 7 nitrogen and oxygen atoms in total. The fraction of sp³-hybridized carbons (Fsp3) is 0.227. The number of H-pyrrole nitrogens is 1. The van der Waals surface area contributed by atoms with Gasteiger partial charge in [-0.3, -0.25) is 9.59 Å². The van der Waals surface area contributed by atoms with E-state index in [1.165, 1.54) is 11.0 Å². The summed E-state index contributed by atoms with van der Waals surface area (Å²) in [6.07, 6.45) is 3.88. The highest BCUT2D eigenvalue weighted by Crippen LogP contribution is 2.38. The number of aromatic amines is 1. The molecule has 8 heteroatoms. The van der Waals surface area contributed by atoms with Gasteiger partial charge in [-0.25, -0.2) is 4.98 Å². The molecule has 0 fully saturated rings. The highest BCUT2D eigenvalue weighted by Gasteiger charge is 2.15. The van der Waals surface area contributed by atoms with E-state index in [4.69, 9.17) is 21.1 Å². The van der Waals surface area contributed by atoms with Gasteiger partial charge in [0, 0.05) is 19.5 Å². The van der Waals surface area contributed by atoms with Gasteiger partial charge in [-0.15, -0.1) is 0 Å². The van der Waals surface area contributed by atoms with Gasteiger partial charge in [0.25, 0.3) is 5.56 Å². The SMILES string of the molecule is CN(Cc1nc2ccccc2c(=O)[nH]1)C(=O)/C=C/c1cc(Cl)c2c(c1)OCCCO2. The average molecular weight is 426 g/mol. The lowest BCUT2D eigenvalue weighted by Crippen LogP contribution is -2.26. The second kappa shape index (κ2) is 8.59. The molecule has 0 unspecified atom stereocenters. The number of rotatable bonds is 4. The highest BCUT2D eigenvalue weighted by molar-refractivity contribution is 6.32. The number of hydrogen-bond acceptors (Lipinski definition) is 5. The van der Waals surface area contributed by atoms with Gasteiger partial charge in [0.1, 0.15) is 5.82 Å². The molecule has 0 spiro atoms. The Balaban J connectivity index is 1.49. The molecular weight excluding hydrogens is 406 g/mol. The number of carbonyl (C=O) groups excluding carboxylic acids is 1. The summed E-state index contributed by atoms with van der Waals surface area (Å²) in [4.78, 5) is 33.3. The predicted molar refractivity (Wildman–Crippen MR) is 115 cm³/mol. The van der Waals surface area contributed by atoms with E-state index in [9.17, 15) is 9.59 Å². The zero-order valence-electron chi connectivity index (χ0n) is 16.4. The number of para-hydroxylation sites is 1. The number of benzene rings is 2. The monoisotopic (exact) mass is 425 g/mol. The van der Waals surface area contributed by atoms with E-state index in [1.807, 2.05) is 6.07 Å². The summed E-state index contributed by atoms with van der Waals surface area (Å²) in [5.74, 6) is 1.27. The molecule has 30 heavy (non-hydrogen) atoms. The zero-order chi connectivity index (χ0) is 21.1. The van der Waals surface area contributed by atoms with Crippen LogP contribution in [0.3, 0.4) is 0 Å². The van der Waals surface area contributed by atoms with Crippen molar-refractivity contribution in [3.05, 3.63) is 69.2 Å². The number of nitrogens with one attached hydrogen (secondary N) is 1. The maximum Gasteiger partial charge on any atom is 0.258 e. The summed E-state index contributed by atoms with van der Waals surface area (Å²) in [5.41, 5.74) is 1.09. The predicted octanol–water partition coefficient (Wildman–Crippen LogP) is 3.41. The Bertz CT molecular complexity index is 1190. The van der Waals surface area contributed by atoms with Crippen LogP contribution in [-0.4, -0.2) is 41.0 Å². The van der Waals surface area contributed by atoms with E-state index in [0.717, 1.165) is 12.0 Å². The summed E-state index contributed by atoms with van der Waals surface area (Å²) in [7, 11) is 1.64. The van der Waals surface area contributed by atoms with Crippen LogP contribution in [0.15, 0.2) is 47.3 Å². The Morgan fingerprint density at radius 3 is 2.93 bits per heavy atom. The van der Waals surface area contributed by atoms with Crippen molar-refractivity contribution in [1.29, 1.82) is 0 Å². The first-order valence-corrected chi connectivity index (χ1v) is 9.89. The van der Waals surface area contributed by atoms with E-state index < -0.39 is 0 Å². The molecule has 0 aliphatic carbocycles. The Hall–Kier alpha value is -3.32. The fourth-order valence-electron chi connectivity index (χ4n) is 3.15. The standard InChI is InChI=1S/C22H20ClN3O4/c1-26(13-19-24-17-6-3-2-5-15(17)22(28)25-19)20(27)8-7-14-11-16(23)21-18(12-14)29-9-4-10-30-21/h2-3,5-8,11-12H,4,9-10,13H2,1H3,(H,24,25,28)/b8-7+. The first-order chi connectivity index (χ1) is 14.5. The van der Waals surface area contributed by atoms with Gasteiger partial charge >= 0.3 is 0 Å². The molecule has 154 valence electrons. The van der Waals surface area contributed by atoms with Crippen molar-refractivity contribution < 1.29 is 14.3 Å². The number of nitrogens with zero attached hydrogens (tertiary/aromatic N) is 2. The number of fused-ring (bicyclic) bond motifs is 2. The molecular formula is C22H20ClN3O4. The summed E-state index contributed by atoms with van der Waals surface area (Å²) < 4.78 is 11.3. The Kier molecular flexibility index (Phi) is 5.72. The van der Waals surface area contributed by atoms with Gasteiger partial charge < -0.3 is 19.4 Å². The molecule has 1 amide bonds. The van der Waals surface area contributed by atoms with Gasteiger partial charge in [0.2, 0.25) is 5.91 Å². The number of likely N-dealkylation sites (N-methyl/N-ethyl adjacent to an activating group) is 1. The van der Waals surface area contributed by atoms with Gasteiger partial charge in [-0.05, 0) is 35.9 Å². The molecule has 0 radical (unpaired) electrons. The van der Waals surface area contributed by atoms with Crippen LogP contribution in [0.25, 0.3) is 17.0 Å². The van der Waals surface area contributed by atoms with Crippen LogP contribution in [0, 0.1) is 0 Å². The van der Waals surface area contributed by atoms with Gasteiger partial charge in [-0.1, -0.05) is 23.7 Å². The molecule has 2 aromatic carbocycles. The summed E-state index contributed by atoms with van der Waals surface area (Å²) in [6, 6.07) is 10.6. The third kappa shape index (κ3) is 4.31. The number of ether oxygens (including phenoxy) is 2. The minimum atomic E-state index is -0.242. The summed E-state index contributed by atoms with van der Waals surface area (Å²) >= 11 is 6.29. The number of amides is 1. The van der Waals surface area contributed by atoms with Gasteiger partial charge in [0.05, 0.1) is 35.7 Å². The highest BCUT2D eigenvalue weighted by atomic mass is 35.5. The molecule has 2 heterocycles. The van der Waals surface area contributed by atoms with Crippen molar-refractivity contribution >= 4 is 34.5 Å². The first kappa shape index (κ1) is 20.0. The number of hydrogen-bond donors (Lipinski definition) is 1. The van der Waals surface area contributed by atoms with E-state index in [0.29, 0.717) is 46.5 Å². The summed E-state index contributed by atoms with van der Waals surface area (Å²) in [6.45, 7) is 1.27. The van der Waals surface area contributed by atoms with E-state index in [1.54, 1.807) is 43.5 Å². The molecule has 1 N–H and O–H groups in total. The number of carbonyl (C=O) groups is 1. The second-order valence-electron chi connectivity index (χ2n) is 6.94. The third-order valence-corrected chi connectivity index (χ3v) is 4.95. The van der Waals surface area contributed by atoms with E-state index in [-0.39, 0.29) is 18.0 Å². The molecule has 0 saturated heterocycles. The fourth-order valence-corrected chi connectivity index (χ4v) is 3.43. The van der Waals surface area contributed by atoms with Crippen LogP contribution < -0.4 is 15.0 Å². The number of aromatic nitrogens is 2. The smallest absolute Gasteiger partial charge is 0.258 e. The average Bonchev–Trinajstić information content (AvgIpc) is 2.98. The van der Waals surface area contributed by atoms with Crippen molar-refractivity contribution in [2.24, 2.45) is 0 Å². The third-order valence-electron chi connectivity index (χ3n) is 4.67. The van der Waals surface area contributed by atoms with Crippen LogP contribution in [0.4, 0.5) is 0 Å². The van der Waals surface area contributed by atoms with Crippen molar-refractivity contribution in [3.63, 3.8) is 0 Å². The van der Waals surface area contributed by atoms with Gasteiger partial charge in [-0.2, -0.15) is 0 Å². The van der Waals surface area contributed by atoms with Crippen molar-refractivity contribution in [1.82, 2.24) is 14.9 Å². The summed E-state index contributed by atoms with van der Waals surface area (Å²) in [5, 5.41) is 0.953. The molecule has 1 aliphatic rings. The topological polar surface area (TPSA) is 84.5 Å². The molecule has 0 saturated carbocycles. The molecule has 1 aliphatic heterocycles. The van der Waals surface area contributed by atoms with Crippen LogP contribution in [0.2, 0.25) is 5.02 Å². The van der Waals surface area contributed by atoms with Crippen LogP contribution >= 0.6 is 11.6 Å². The van der Waals surface area contributed by atoms with Crippen LogP contribution in [-0.2, 0) is 11.3 Å². The molecule has 3 aromatic rings.